The number of rotatable bonds is 7. The fraction of sp³-hybridized carbons (Fsp3) is 0.778. The van der Waals surface area contributed by atoms with Gasteiger partial charge in [0.15, 0.2) is 0 Å². The summed E-state index contributed by atoms with van der Waals surface area (Å²) in [7, 11) is 0. The van der Waals surface area contributed by atoms with Crippen LogP contribution in [-0.2, 0) is 11.2 Å². The lowest BCUT2D eigenvalue weighted by atomic mass is 10.4. The van der Waals surface area contributed by atoms with E-state index in [1.54, 1.807) is 0 Å². The molecule has 0 saturated heterocycles. The van der Waals surface area contributed by atoms with Crippen molar-refractivity contribution in [2.45, 2.75) is 26.3 Å². The second kappa shape index (κ2) is 6.63. The molecule has 1 N–H and O–H groups in total. The summed E-state index contributed by atoms with van der Waals surface area (Å²) in [5.41, 5.74) is 0. The maximum atomic E-state index is 5.55. The Morgan fingerprint density at radius 2 is 2.33 bits per heavy atom. The molecule has 1 rings (SSSR count). The number of alkyl halides is 1. The molecule has 86 valence electrons. The number of hydrogen-bond acceptors (Lipinski definition) is 5. The molecule has 0 fully saturated rings. The number of aryl methyl sites for hydroxylation is 1. The van der Waals surface area contributed by atoms with E-state index in [-0.39, 0.29) is 6.04 Å². The Kier molecular flexibility index (Phi) is 5.42. The molecule has 1 atom stereocenters. The average Bonchev–Trinajstić information content (AvgIpc) is 2.63. The number of ether oxygens (including phenoxy) is 1. The first-order valence-electron chi connectivity index (χ1n) is 4.99. The van der Waals surface area contributed by atoms with E-state index in [2.05, 4.69) is 15.5 Å². The minimum absolute atomic E-state index is 0.147. The molecule has 0 aromatic carbocycles. The van der Waals surface area contributed by atoms with Crippen LogP contribution >= 0.6 is 11.6 Å². The van der Waals surface area contributed by atoms with Gasteiger partial charge in [0.25, 0.3) is 0 Å². The summed E-state index contributed by atoms with van der Waals surface area (Å²) >= 11 is 5.55. The number of nitrogens with zero attached hydrogens (tertiary/aromatic N) is 2. The lowest BCUT2D eigenvalue weighted by Crippen LogP contribution is -2.21. The van der Waals surface area contributed by atoms with Crippen LogP contribution in [0.5, 0.6) is 0 Å². The van der Waals surface area contributed by atoms with Crippen molar-refractivity contribution < 1.29 is 9.15 Å². The van der Waals surface area contributed by atoms with Crippen molar-refractivity contribution in [1.29, 1.82) is 0 Å². The molecule has 0 aliphatic carbocycles. The second-order valence-corrected chi connectivity index (χ2v) is 3.52. The molecule has 5 nitrogen and oxygen atoms in total. The molecule has 0 spiro atoms. The second-order valence-electron chi connectivity index (χ2n) is 3.14. The molecule has 0 radical (unpaired) electrons. The smallest absolute Gasteiger partial charge is 0.315 e. The average molecular weight is 234 g/mol. The molecule has 0 amide bonds. The highest BCUT2D eigenvalue weighted by Crippen LogP contribution is 2.08. The zero-order valence-electron chi connectivity index (χ0n) is 8.99. The predicted molar refractivity (Wildman–Crippen MR) is 58.3 cm³/mol. The van der Waals surface area contributed by atoms with E-state index in [1.807, 2.05) is 13.8 Å². The third kappa shape index (κ3) is 4.48. The van der Waals surface area contributed by atoms with Gasteiger partial charge in [-0.3, -0.25) is 0 Å². The normalized spacial score (nSPS) is 12.7. The number of halogens is 1. The zero-order valence-corrected chi connectivity index (χ0v) is 9.75. The summed E-state index contributed by atoms with van der Waals surface area (Å²) in [4.78, 5) is 0. The minimum Gasteiger partial charge on any atom is -0.408 e. The SMILES string of the molecule is CCOCC(C)Nc1nnc(CCCl)o1. The first kappa shape index (κ1) is 12.3. The van der Waals surface area contributed by atoms with Crippen molar-refractivity contribution in [3.05, 3.63) is 5.89 Å². The van der Waals surface area contributed by atoms with Gasteiger partial charge in [-0.1, -0.05) is 5.10 Å². The minimum atomic E-state index is 0.147. The molecular weight excluding hydrogens is 218 g/mol. The van der Waals surface area contributed by atoms with Gasteiger partial charge < -0.3 is 14.5 Å². The lowest BCUT2D eigenvalue weighted by molar-refractivity contribution is 0.140. The van der Waals surface area contributed by atoms with E-state index in [0.29, 0.717) is 37.4 Å². The van der Waals surface area contributed by atoms with Gasteiger partial charge in [0.05, 0.1) is 12.6 Å². The maximum absolute atomic E-state index is 5.55. The Labute approximate surface area is 94.2 Å². The van der Waals surface area contributed by atoms with Gasteiger partial charge in [-0.05, 0) is 13.8 Å². The van der Waals surface area contributed by atoms with Gasteiger partial charge in [0.1, 0.15) is 0 Å². The first-order chi connectivity index (χ1) is 7.26. The molecule has 0 saturated carbocycles. The van der Waals surface area contributed by atoms with Crippen LogP contribution in [0.2, 0.25) is 0 Å². The highest BCUT2D eigenvalue weighted by atomic mass is 35.5. The molecule has 1 aromatic rings. The van der Waals surface area contributed by atoms with E-state index in [0.717, 1.165) is 0 Å². The third-order valence-corrected chi connectivity index (χ3v) is 1.91. The molecule has 1 heterocycles. The Balaban J connectivity index is 2.35. The van der Waals surface area contributed by atoms with Crippen molar-refractivity contribution in [3.63, 3.8) is 0 Å². The summed E-state index contributed by atoms with van der Waals surface area (Å²) < 4.78 is 10.5. The molecule has 15 heavy (non-hydrogen) atoms. The van der Waals surface area contributed by atoms with Crippen LogP contribution in [0.25, 0.3) is 0 Å². The van der Waals surface area contributed by atoms with Crippen molar-refractivity contribution in [1.82, 2.24) is 10.2 Å². The summed E-state index contributed by atoms with van der Waals surface area (Å²) in [6.45, 7) is 5.26. The lowest BCUT2D eigenvalue weighted by Gasteiger charge is -2.10. The van der Waals surface area contributed by atoms with Crippen LogP contribution in [-0.4, -0.2) is 35.3 Å². The van der Waals surface area contributed by atoms with Crippen LogP contribution < -0.4 is 5.32 Å². The van der Waals surface area contributed by atoms with E-state index in [4.69, 9.17) is 20.8 Å². The van der Waals surface area contributed by atoms with Gasteiger partial charge >= 0.3 is 6.01 Å². The highest BCUT2D eigenvalue weighted by Gasteiger charge is 2.08. The molecule has 0 aliphatic rings. The topological polar surface area (TPSA) is 60.2 Å². The van der Waals surface area contributed by atoms with Crippen molar-refractivity contribution >= 4 is 17.6 Å². The molecule has 1 aromatic heterocycles. The Morgan fingerprint density at radius 3 is 3.00 bits per heavy atom. The Hall–Kier alpha value is -0.810. The highest BCUT2D eigenvalue weighted by molar-refractivity contribution is 6.17. The van der Waals surface area contributed by atoms with E-state index in [1.165, 1.54) is 0 Å². The van der Waals surface area contributed by atoms with Gasteiger partial charge in [0.2, 0.25) is 5.89 Å². The van der Waals surface area contributed by atoms with E-state index in [9.17, 15) is 0 Å². The van der Waals surface area contributed by atoms with Crippen LogP contribution in [0, 0.1) is 0 Å². The molecule has 0 bridgehead atoms. The first-order valence-corrected chi connectivity index (χ1v) is 5.52. The van der Waals surface area contributed by atoms with E-state index >= 15 is 0 Å². The summed E-state index contributed by atoms with van der Waals surface area (Å²) in [5.74, 6) is 1.03. The number of aromatic nitrogens is 2. The largest absolute Gasteiger partial charge is 0.408 e. The number of hydrogen-bond donors (Lipinski definition) is 1. The van der Waals surface area contributed by atoms with E-state index < -0.39 is 0 Å². The number of nitrogens with one attached hydrogen (secondary N) is 1. The zero-order chi connectivity index (χ0) is 11.1. The Bertz CT molecular complexity index is 280. The van der Waals surface area contributed by atoms with Crippen molar-refractivity contribution in [2.75, 3.05) is 24.4 Å². The maximum Gasteiger partial charge on any atom is 0.315 e. The van der Waals surface area contributed by atoms with Crippen LogP contribution in [0.15, 0.2) is 4.42 Å². The van der Waals surface area contributed by atoms with Gasteiger partial charge in [0, 0.05) is 18.9 Å². The van der Waals surface area contributed by atoms with Crippen LogP contribution in [0.4, 0.5) is 6.01 Å². The Morgan fingerprint density at radius 1 is 1.53 bits per heavy atom. The molecular formula is C9H16ClN3O2. The quantitative estimate of drug-likeness (QED) is 0.727. The van der Waals surface area contributed by atoms with Gasteiger partial charge in [-0.15, -0.1) is 16.7 Å². The fourth-order valence-electron chi connectivity index (χ4n) is 1.04. The predicted octanol–water partition coefficient (Wildman–Crippen LogP) is 1.69. The van der Waals surface area contributed by atoms with Gasteiger partial charge in [-0.25, -0.2) is 0 Å². The standard InChI is InChI=1S/C9H16ClN3O2/c1-3-14-6-7(2)11-9-13-12-8(15-9)4-5-10/h7H,3-6H2,1-2H3,(H,11,13). The van der Waals surface area contributed by atoms with Crippen molar-refractivity contribution in [3.8, 4) is 0 Å². The van der Waals surface area contributed by atoms with Crippen LogP contribution in [0.3, 0.4) is 0 Å². The van der Waals surface area contributed by atoms with Crippen molar-refractivity contribution in [2.24, 2.45) is 0 Å². The summed E-state index contributed by atoms with van der Waals surface area (Å²) in [5, 5.41) is 10.7. The van der Waals surface area contributed by atoms with Gasteiger partial charge in [-0.2, -0.15) is 0 Å². The number of anilines is 1. The monoisotopic (exact) mass is 233 g/mol. The molecule has 1 unspecified atom stereocenters. The third-order valence-electron chi connectivity index (χ3n) is 1.72. The molecule has 6 heteroatoms. The summed E-state index contributed by atoms with van der Waals surface area (Å²) in [6, 6.07) is 0.566. The molecule has 0 aliphatic heterocycles. The van der Waals surface area contributed by atoms with Crippen LogP contribution in [0.1, 0.15) is 19.7 Å². The summed E-state index contributed by atoms with van der Waals surface area (Å²) in [6.07, 6.45) is 0.593. The fourth-order valence-corrected chi connectivity index (χ4v) is 1.20.